The number of nitrogens with zero attached hydrogens (tertiary/aromatic N) is 3. The fourth-order valence-corrected chi connectivity index (χ4v) is 3.10. The fraction of sp³-hybridized carbons (Fsp3) is 0.211. The number of anilines is 1. The van der Waals surface area contributed by atoms with E-state index in [4.69, 9.17) is 5.11 Å². The smallest absolute Gasteiger partial charge is 0.335 e. The average molecular weight is 382 g/mol. The minimum Gasteiger partial charge on any atom is -0.478 e. The second kappa shape index (κ2) is 8.59. The Balaban J connectivity index is 1.55. The molecule has 1 aliphatic rings. The summed E-state index contributed by atoms with van der Waals surface area (Å²) in [5, 5.41) is 19.8. The monoisotopic (exact) mass is 382 g/mol. The van der Waals surface area contributed by atoms with E-state index in [-0.39, 0.29) is 17.6 Å². The summed E-state index contributed by atoms with van der Waals surface area (Å²) in [6.45, 7) is 2.02. The Kier molecular flexibility index (Phi) is 5.97. The highest BCUT2D eigenvalue weighted by atomic mass is 32.2. The number of carboxylic acids is 1. The molecule has 0 fully saturated rings. The third-order valence-corrected chi connectivity index (χ3v) is 4.85. The van der Waals surface area contributed by atoms with E-state index < -0.39 is 5.97 Å². The van der Waals surface area contributed by atoms with Gasteiger partial charge in [0.1, 0.15) is 0 Å². The van der Waals surface area contributed by atoms with Crippen molar-refractivity contribution in [2.75, 3.05) is 11.1 Å². The number of carboxylic acid groups (broad SMARTS) is 1. The van der Waals surface area contributed by atoms with Crippen molar-refractivity contribution in [3.8, 4) is 0 Å². The lowest BCUT2D eigenvalue weighted by Crippen LogP contribution is -2.11. The molecule has 0 bridgehead atoms. The molecule has 1 amide bonds. The van der Waals surface area contributed by atoms with Crippen molar-refractivity contribution in [3.63, 3.8) is 0 Å². The summed E-state index contributed by atoms with van der Waals surface area (Å²) < 4.78 is 0. The van der Waals surface area contributed by atoms with Crippen LogP contribution in [0.25, 0.3) is 0 Å². The van der Waals surface area contributed by atoms with Crippen LogP contribution in [0.2, 0.25) is 0 Å². The van der Waals surface area contributed by atoms with E-state index >= 15 is 0 Å². The molecule has 0 saturated heterocycles. The molecular formula is C19H18N4O3S. The molecule has 27 heavy (non-hydrogen) atoms. The molecule has 0 aliphatic carbocycles. The van der Waals surface area contributed by atoms with Gasteiger partial charge in [0.25, 0.3) is 5.91 Å². The van der Waals surface area contributed by atoms with Crippen molar-refractivity contribution in [3.05, 3.63) is 59.7 Å². The summed E-state index contributed by atoms with van der Waals surface area (Å²) in [5.41, 5.74) is 1.23. The predicted molar refractivity (Wildman–Crippen MR) is 105 cm³/mol. The Morgan fingerprint density at radius 2 is 1.74 bits per heavy atom. The fourth-order valence-electron chi connectivity index (χ4n) is 2.35. The van der Waals surface area contributed by atoms with Crippen LogP contribution in [0, 0.1) is 0 Å². The highest BCUT2D eigenvalue weighted by molar-refractivity contribution is 8.00. The van der Waals surface area contributed by atoms with Crippen LogP contribution in [0.3, 0.4) is 0 Å². The van der Waals surface area contributed by atoms with Gasteiger partial charge in [0, 0.05) is 16.1 Å². The van der Waals surface area contributed by atoms with Crippen molar-refractivity contribution in [2.45, 2.75) is 24.4 Å². The van der Waals surface area contributed by atoms with E-state index in [9.17, 15) is 9.59 Å². The van der Waals surface area contributed by atoms with Crippen molar-refractivity contribution >= 4 is 35.2 Å². The Morgan fingerprint density at radius 1 is 1.07 bits per heavy atom. The molecule has 0 aromatic heterocycles. The predicted octanol–water partition coefficient (Wildman–Crippen LogP) is 4.33. The maximum Gasteiger partial charge on any atom is 0.335 e. The number of carbonyl (C=O) groups excluding carboxylic acids is 1. The van der Waals surface area contributed by atoms with Crippen LogP contribution in [0.1, 0.15) is 34.1 Å². The quantitative estimate of drug-likeness (QED) is 0.696. The molecule has 2 aromatic carbocycles. The number of benzene rings is 2. The summed E-state index contributed by atoms with van der Waals surface area (Å²) in [5.74, 6) is 0.116. The first-order valence-corrected chi connectivity index (χ1v) is 9.39. The number of carbonyl (C=O) groups is 2. The summed E-state index contributed by atoms with van der Waals surface area (Å²) in [6.07, 6.45) is 0.803. The largest absolute Gasteiger partial charge is 0.478 e. The average Bonchev–Trinajstić information content (AvgIpc) is 3.15. The number of amidine groups is 1. The van der Waals surface area contributed by atoms with Crippen LogP contribution in [0.4, 0.5) is 5.69 Å². The third-order valence-electron chi connectivity index (χ3n) is 3.84. The molecule has 1 aliphatic heterocycles. The lowest BCUT2D eigenvalue weighted by molar-refractivity contribution is 0.0696. The first kappa shape index (κ1) is 18.8. The summed E-state index contributed by atoms with van der Waals surface area (Å²) in [7, 11) is 0. The number of rotatable bonds is 7. The molecule has 7 nitrogen and oxygen atoms in total. The number of hydrogen-bond acceptors (Lipinski definition) is 6. The Morgan fingerprint density at radius 3 is 2.33 bits per heavy atom. The summed E-state index contributed by atoms with van der Waals surface area (Å²) >= 11 is 1.59. The molecule has 138 valence electrons. The van der Waals surface area contributed by atoms with Crippen LogP contribution in [-0.2, 0) is 0 Å². The van der Waals surface area contributed by atoms with Crippen molar-refractivity contribution in [1.29, 1.82) is 0 Å². The lowest BCUT2D eigenvalue weighted by Gasteiger charge is -2.06. The SMILES string of the molecule is CCC1N=NC(CSc2ccc(C(=O)Nc3ccc(C(=O)O)cc3)cc2)=N1. The van der Waals surface area contributed by atoms with Crippen LogP contribution in [0.15, 0.2) is 68.6 Å². The number of nitrogens with one attached hydrogen (secondary N) is 1. The second-order valence-corrected chi connectivity index (χ2v) is 6.85. The lowest BCUT2D eigenvalue weighted by atomic mass is 10.2. The highest BCUT2D eigenvalue weighted by Gasteiger charge is 2.12. The van der Waals surface area contributed by atoms with Crippen molar-refractivity contribution in [2.24, 2.45) is 15.2 Å². The first-order valence-electron chi connectivity index (χ1n) is 8.40. The Bertz CT molecular complexity index is 892. The van der Waals surface area contributed by atoms with Crippen LogP contribution in [-0.4, -0.2) is 34.7 Å². The molecular weight excluding hydrogens is 364 g/mol. The molecule has 1 heterocycles. The molecule has 1 atom stereocenters. The first-order chi connectivity index (χ1) is 13.0. The van der Waals surface area contributed by atoms with Crippen LogP contribution in [0.5, 0.6) is 0 Å². The molecule has 0 radical (unpaired) electrons. The number of azo groups is 1. The topological polar surface area (TPSA) is 103 Å². The number of aromatic carboxylic acids is 1. The van der Waals surface area contributed by atoms with Gasteiger partial charge in [-0.05, 0) is 55.0 Å². The number of aliphatic imine (C=N–C) groups is 1. The number of hydrogen-bond donors (Lipinski definition) is 2. The van der Waals surface area contributed by atoms with Gasteiger partial charge in [-0.25, -0.2) is 9.79 Å². The summed E-state index contributed by atoms with van der Waals surface area (Å²) in [4.78, 5) is 28.6. The standard InChI is InChI=1S/C19H18N4O3S/c1-2-16-21-17(23-22-16)11-27-15-9-5-12(6-10-15)18(24)20-14-7-3-13(4-8-14)19(25)26/h3-10,16H,2,11H2,1H3,(H,20,24)(H,25,26). The van der Waals surface area contributed by atoms with E-state index in [0.29, 0.717) is 17.0 Å². The molecule has 0 spiro atoms. The second-order valence-electron chi connectivity index (χ2n) is 5.80. The number of thioether (sulfide) groups is 1. The Hall–Kier alpha value is -3.00. The third kappa shape index (κ3) is 5.01. The van der Waals surface area contributed by atoms with Gasteiger partial charge in [0.05, 0.1) is 11.3 Å². The van der Waals surface area contributed by atoms with Gasteiger partial charge in [0.15, 0.2) is 12.0 Å². The Labute approximate surface area is 160 Å². The van der Waals surface area contributed by atoms with Crippen molar-refractivity contribution in [1.82, 2.24) is 0 Å². The van der Waals surface area contributed by atoms with Crippen molar-refractivity contribution < 1.29 is 14.7 Å². The van der Waals surface area contributed by atoms with E-state index in [1.54, 1.807) is 36.0 Å². The van der Waals surface area contributed by atoms with Gasteiger partial charge in [0.2, 0.25) is 0 Å². The maximum absolute atomic E-state index is 12.3. The zero-order valence-corrected chi connectivity index (χ0v) is 15.4. The van der Waals surface area contributed by atoms with Gasteiger partial charge < -0.3 is 10.4 Å². The normalized spacial score (nSPS) is 15.4. The minimum atomic E-state index is -1.00. The van der Waals surface area contributed by atoms with E-state index in [1.807, 2.05) is 19.1 Å². The zero-order valence-electron chi connectivity index (χ0n) is 14.6. The van der Waals surface area contributed by atoms with Gasteiger partial charge in [-0.1, -0.05) is 6.92 Å². The van der Waals surface area contributed by atoms with Crippen LogP contribution >= 0.6 is 11.8 Å². The molecule has 8 heteroatoms. The van der Waals surface area contributed by atoms with Gasteiger partial charge in [-0.3, -0.25) is 4.79 Å². The molecule has 1 unspecified atom stereocenters. The van der Waals surface area contributed by atoms with Gasteiger partial charge in [-0.2, -0.15) is 5.11 Å². The van der Waals surface area contributed by atoms with E-state index in [2.05, 4.69) is 20.5 Å². The summed E-state index contributed by atoms with van der Waals surface area (Å²) in [6, 6.07) is 13.3. The number of amides is 1. The molecule has 2 aromatic rings. The molecule has 3 rings (SSSR count). The van der Waals surface area contributed by atoms with Gasteiger partial charge in [-0.15, -0.1) is 16.9 Å². The van der Waals surface area contributed by atoms with Gasteiger partial charge >= 0.3 is 5.97 Å². The maximum atomic E-state index is 12.3. The molecule has 0 saturated carbocycles. The van der Waals surface area contributed by atoms with Crippen LogP contribution < -0.4 is 5.32 Å². The molecule has 2 N–H and O–H groups in total. The zero-order chi connectivity index (χ0) is 19.2. The highest BCUT2D eigenvalue weighted by Crippen LogP contribution is 2.21. The minimum absolute atomic E-state index is 0.0452. The van der Waals surface area contributed by atoms with E-state index in [1.165, 1.54) is 12.1 Å². The van der Waals surface area contributed by atoms with E-state index in [0.717, 1.165) is 17.2 Å².